The van der Waals surface area contributed by atoms with Gasteiger partial charge in [0.05, 0.1) is 6.61 Å². The Balaban J connectivity index is 2.81. The first kappa shape index (κ1) is 13.6. The van der Waals surface area contributed by atoms with Crippen LogP contribution in [0.5, 0.6) is 0 Å². The Morgan fingerprint density at radius 1 is 1.47 bits per heavy atom. The minimum Gasteiger partial charge on any atom is -0.476 e. The fraction of sp³-hybridized carbons (Fsp3) is 0.500. The molecule has 0 aromatic carbocycles. The molecule has 0 saturated carbocycles. The van der Waals surface area contributed by atoms with Crippen LogP contribution < -0.4 is 0 Å². The molecule has 0 aliphatic rings. The molecular formula is C10H14N2O4S. The summed E-state index contributed by atoms with van der Waals surface area (Å²) < 4.78 is 0. The molecule has 0 saturated heterocycles. The number of rotatable bonds is 6. The molecular weight excluding hydrogens is 244 g/mol. The van der Waals surface area contributed by atoms with Crippen molar-refractivity contribution in [2.75, 3.05) is 19.7 Å². The topological polar surface area (TPSA) is 90.7 Å². The Hall–Kier alpha value is -1.47. The molecule has 2 N–H and O–H groups in total. The first-order valence-corrected chi connectivity index (χ1v) is 6.07. The molecule has 94 valence electrons. The van der Waals surface area contributed by atoms with Gasteiger partial charge in [-0.2, -0.15) is 0 Å². The van der Waals surface area contributed by atoms with E-state index in [0.29, 0.717) is 6.54 Å². The quantitative estimate of drug-likeness (QED) is 0.783. The Morgan fingerprint density at radius 3 is 2.65 bits per heavy atom. The number of carbonyl (C=O) groups excluding carboxylic acids is 1. The van der Waals surface area contributed by atoms with Crippen molar-refractivity contribution in [2.24, 2.45) is 0 Å². The zero-order valence-electron chi connectivity index (χ0n) is 9.42. The summed E-state index contributed by atoms with van der Waals surface area (Å²) in [5.41, 5.74) is -0.126. The number of aromatic carboxylic acids is 1. The van der Waals surface area contributed by atoms with Gasteiger partial charge in [-0.25, -0.2) is 9.78 Å². The average molecular weight is 258 g/mol. The van der Waals surface area contributed by atoms with Crippen LogP contribution in [0.3, 0.4) is 0 Å². The SMILES string of the molecule is CCCN(CCO)C(=O)c1nc(C(=O)O)cs1. The molecule has 1 aromatic rings. The van der Waals surface area contributed by atoms with E-state index in [9.17, 15) is 9.59 Å². The normalized spacial score (nSPS) is 10.2. The van der Waals surface area contributed by atoms with E-state index in [-0.39, 0.29) is 29.8 Å². The van der Waals surface area contributed by atoms with Crippen LogP contribution in [-0.4, -0.2) is 51.7 Å². The summed E-state index contributed by atoms with van der Waals surface area (Å²) in [6.07, 6.45) is 0.767. The Bertz CT molecular complexity index is 399. The molecule has 0 radical (unpaired) electrons. The predicted molar refractivity (Wildman–Crippen MR) is 62.4 cm³/mol. The highest BCUT2D eigenvalue weighted by atomic mass is 32.1. The van der Waals surface area contributed by atoms with Crippen LogP contribution in [0.1, 0.15) is 33.6 Å². The monoisotopic (exact) mass is 258 g/mol. The van der Waals surface area contributed by atoms with Crippen molar-refractivity contribution in [3.63, 3.8) is 0 Å². The van der Waals surface area contributed by atoms with Gasteiger partial charge in [0.1, 0.15) is 0 Å². The molecule has 17 heavy (non-hydrogen) atoms. The van der Waals surface area contributed by atoms with Crippen molar-refractivity contribution < 1.29 is 19.8 Å². The minimum absolute atomic E-state index is 0.122. The minimum atomic E-state index is -1.15. The predicted octanol–water partition coefficient (Wildman–Crippen LogP) is 0.686. The van der Waals surface area contributed by atoms with E-state index in [4.69, 9.17) is 10.2 Å². The van der Waals surface area contributed by atoms with Gasteiger partial charge in [-0.3, -0.25) is 4.79 Å². The van der Waals surface area contributed by atoms with Gasteiger partial charge in [-0.1, -0.05) is 6.92 Å². The van der Waals surface area contributed by atoms with Crippen LogP contribution in [-0.2, 0) is 0 Å². The summed E-state index contributed by atoms with van der Waals surface area (Å²) in [4.78, 5) is 27.8. The number of amides is 1. The molecule has 0 aliphatic carbocycles. The number of hydrogen-bond acceptors (Lipinski definition) is 5. The molecule has 0 atom stereocenters. The lowest BCUT2D eigenvalue weighted by atomic mass is 10.4. The molecule has 7 heteroatoms. The summed E-state index contributed by atoms with van der Waals surface area (Å²) in [6, 6.07) is 0. The van der Waals surface area contributed by atoms with Crippen molar-refractivity contribution in [1.82, 2.24) is 9.88 Å². The van der Waals surface area contributed by atoms with Crippen LogP contribution in [0.25, 0.3) is 0 Å². The largest absolute Gasteiger partial charge is 0.476 e. The maximum Gasteiger partial charge on any atom is 0.355 e. The summed E-state index contributed by atoms with van der Waals surface area (Å²) in [7, 11) is 0. The fourth-order valence-corrected chi connectivity index (χ4v) is 2.07. The summed E-state index contributed by atoms with van der Waals surface area (Å²) in [5.74, 6) is -1.48. The Morgan fingerprint density at radius 2 is 2.18 bits per heavy atom. The van der Waals surface area contributed by atoms with E-state index in [1.807, 2.05) is 6.92 Å². The second kappa shape index (κ2) is 6.31. The van der Waals surface area contributed by atoms with E-state index in [1.165, 1.54) is 10.3 Å². The molecule has 1 rings (SSSR count). The summed E-state index contributed by atoms with van der Waals surface area (Å²) in [5, 5.41) is 19.0. The van der Waals surface area contributed by atoms with Gasteiger partial charge in [0.25, 0.3) is 5.91 Å². The first-order chi connectivity index (χ1) is 8.10. The molecule has 0 bridgehead atoms. The van der Waals surface area contributed by atoms with Gasteiger partial charge in [0.2, 0.25) is 0 Å². The van der Waals surface area contributed by atoms with Crippen LogP contribution in [0, 0.1) is 0 Å². The highest BCUT2D eigenvalue weighted by Crippen LogP contribution is 2.12. The van der Waals surface area contributed by atoms with Crippen LogP contribution in [0.2, 0.25) is 0 Å². The molecule has 0 aliphatic heterocycles. The maximum absolute atomic E-state index is 11.9. The van der Waals surface area contributed by atoms with E-state index in [0.717, 1.165) is 17.8 Å². The number of carboxylic acid groups (broad SMARTS) is 1. The molecule has 0 fully saturated rings. The Kier molecular flexibility index (Phi) is 5.05. The second-order valence-electron chi connectivity index (χ2n) is 3.36. The van der Waals surface area contributed by atoms with Gasteiger partial charge in [-0.05, 0) is 6.42 Å². The molecule has 0 spiro atoms. The number of thiazole rings is 1. The maximum atomic E-state index is 11.9. The lowest BCUT2D eigenvalue weighted by Crippen LogP contribution is -2.34. The highest BCUT2D eigenvalue weighted by Gasteiger charge is 2.19. The average Bonchev–Trinajstić information content (AvgIpc) is 2.77. The molecule has 1 heterocycles. The van der Waals surface area contributed by atoms with Crippen molar-refractivity contribution in [1.29, 1.82) is 0 Å². The van der Waals surface area contributed by atoms with Gasteiger partial charge in [-0.15, -0.1) is 11.3 Å². The highest BCUT2D eigenvalue weighted by molar-refractivity contribution is 7.11. The zero-order valence-corrected chi connectivity index (χ0v) is 10.2. The number of carbonyl (C=O) groups is 2. The second-order valence-corrected chi connectivity index (χ2v) is 4.22. The van der Waals surface area contributed by atoms with E-state index in [1.54, 1.807) is 0 Å². The van der Waals surface area contributed by atoms with Gasteiger partial charge < -0.3 is 15.1 Å². The third-order valence-corrected chi connectivity index (χ3v) is 2.89. The number of hydrogen-bond donors (Lipinski definition) is 2. The van der Waals surface area contributed by atoms with Gasteiger partial charge in [0.15, 0.2) is 10.7 Å². The lowest BCUT2D eigenvalue weighted by molar-refractivity contribution is 0.0690. The molecule has 0 unspecified atom stereocenters. The van der Waals surface area contributed by atoms with E-state index >= 15 is 0 Å². The third-order valence-electron chi connectivity index (χ3n) is 2.06. The van der Waals surface area contributed by atoms with Crippen LogP contribution in [0.15, 0.2) is 5.38 Å². The fourth-order valence-electron chi connectivity index (χ4n) is 1.31. The smallest absolute Gasteiger partial charge is 0.355 e. The van der Waals surface area contributed by atoms with Crippen LogP contribution in [0.4, 0.5) is 0 Å². The number of aliphatic hydroxyl groups is 1. The van der Waals surface area contributed by atoms with Crippen molar-refractivity contribution >= 4 is 23.2 Å². The Labute approximate surface area is 103 Å². The molecule has 1 aromatic heterocycles. The van der Waals surface area contributed by atoms with E-state index < -0.39 is 5.97 Å². The van der Waals surface area contributed by atoms with Crippen LogP contribution >= 0.6 is 11.3 Å². The zero-order chi connectivity index (χ0) is 12.8. The van der Waals surface area contributed by atoms with Gasteiger partial charge in [0, 0.05) is 18.5 Å². The van der Waals surface area contributed by atoms with Gasteiger partial charge >= 0.3 is 5.97 Å². The number of aromatic nitrogens is 1. The number of carboxylic acids is 1. The lowest BCUT2D eigenvalue weighted by Gasteiger charge is -2.19. The van der Waals surface area contributed by atoms with Crippen molar-refractivity contribution in [3.05, 3.63) is 16.1 Å². The van der Waals surface area contributed by atoms with Crippen molar-refractivity contribution in [3.8, 4) is 0 Å². The number of aliphatic hydroxyl groups excluding tert-OH is 1. The molecule has 6 nitrogen and oxygen atoms in total. The molecule has 1 amide bonds. The standard InChI is InChI=1S/C10H14N2O4S/c1-2-3-12(4-5-13)9(14)8-11-7(6-17-8)10(15)16/h6,13H,2-5H2,1H3,(H,15,16). The first-order valence-electron chi connectivity index (χ1n) is 5.19. The van der Waals surface area contributed by atoms with Crippen molar-refractivity contribution in [2.45, 2.75) is 13.3 Å². The number of nitrogens with zero attached hydrogens (tertiary/aromatic N) is 2. The third kappa shape index (κ3) is 3.50. The summed E-state index contributed by atoms with van der Waals surface area (Å²) >= 11 is 1.00. The summed E-state index contributed by atoms with van der Waals surface area (Å²) in [6.45, 7) is 2.54. The van der Waals surface area contributed by atoms with E-state index in [2.05, 4.69) is 4.98 Å².